The summed E-state index contributed by atoms with van der Waals surface area (Å²) >= 11 is 3.49. The van der Waals surface area contributed by atoms with E-state index >= 15 is 0 Å². The van der Waals surface area contributed by atoms with Crippen molar-refractivity contribution >= 4 is 15.9 Å². The molecule has 2 bridgehead atoms. The van der Waals surface area contributed by atoms with Crippen molar-refractivity contribution in [2.45, 2.75) is 49.2 Å². The number of fused-ring (bicyclic) bond motifs is 2. The van der Waals surface area contributed by atoms with Gasteiger partial charge in [0.25, 0.3) is 0 Å². The van der Waals surface area contributed by atoms with Crippen molar-refractivity contribution < 1.29 is 14.6 Å². The fraction of sp³-hybridized carbons (Fsp3) is 1.00. The smallest absolute Gasteiger partial charge is 0.187 e. The second-order valence-electron chi connectivity index (χ2n) is 3.91. The van der Waals surface area contributed by atoms with Crippen LogP contribution in [0, 0.1) is 0 Å². The van der Waals surface area contributed by atoms with Gasteiger partial charge in [0.1, 0.15) is 5.60 Å². The van der Waals surface area contributed by atoms with Gasteiger partial charge in [-0.15, -0.1) is 0 Å². The largest absolute Gasteiger partial charge is 0.366 e. The number of aliphatic hydroxyl groups is 1. The van der Waals surface area contributed by atoms with Crippen LogP contribution in [-0.4, -0.2) is 27.6 Å². The highest BCUT2D eigenvalue weighted by atomic mass is 79.9. The predicted molar refractivity (Wildman–Crippen MR) is 46.9 cm³/mol. The molecule has 2 saturated heterocycles. The van der Waals surface area contributed by atoms with Crippen LogP contribution >= 0.6 is 15.9 Å². The van der Waals surface area contributed by atoms with Gasteiger partial charge < -0.3 is 14.6 Å². The third-order valence-electron chi connectivity index (χ3n) is 2.77. The van der Waals surface area contributed by atoms with E-state index in [-0.39, 0.29) is 4.83 Å². The summed E-state index contributed by atoms with van der Waals surface area (Å²) < 4.78 is 11.1. The molecule has 1 N–H and O–H groups in total. The summed E-state index contributed by atoms with van der Waals surface area (Å²) in [5.74, 6) is -0.646. The molecule has 2 heterocycles. The molecule has 0 aliphatic carbocycles. The van der Waals surface area contributed by atoms with Gasteiger partial charge in [0.15, 0.2) is 12.1 Å². The third-order valence-corrected chi connectivity index (χ3v) is 4.06. The predicted octanol–water partition coefficient (Wildman–Crippen LogP) is 1.38. The summed E-state index contributed by atoms with van der Waals surface area (Å²) in [4.78, 5) is 0.176. The highest BCUT2D eigenvalue weighted by Crippen LogP contribution is 2.48. The fourth-order valence-corrected chi connectivity index (χ4v) is 2.30. The molecular formula is C8H13BrO3. The third kappa shape index (κ3) is 1.05. The van der Waals surface area contributed by atoms with Crippen molar-refractivity contribution in [1.29, 1.82) is 0 Å². The molecule has 0 amide bonds. The number of rotatable bonds is 0. The zero-order valence-corrected chi connectivity index (χ0v) is 8.80. The Morgan fingerprint density at radius 1 is 1.50 bits per heavy atom. The number of alkyl halides is 1. The van der Waals surface area contributed by atoms with Crippen molar-refractivity contribution in [2.75, 3.05) is 0 Å². The molecule has 4 heteroatoms. The quantitative estimate of drug-likeness (QED) is 0.647. The van der Waals surface area contributed by atoms with E-state index in [4.69, 9.17) is 9.47 Å². The first-order valence-electron chi connectivity index (χ1n) is 4.16. The molecule has 4 atom stereocenters. The summed E-state index contributed by atoms with van der Waals surface area (Å²) in [6.45, 7) is 3.75. The minimum Gasteiger partial charge on any atom is -0.366 e. The molecule has 2 aliphatic rings. The highest BCUT2D eigenvalue weighted by molar-refractivity contribution is 9.09. The molecule has 0 aromatic heterocycles. The molecule has 0 aromatic carbocycles. The summed E-state index contributed by atoms with van der Waals surface area (Å²) in [5, 5.41) is 9.57. The molecule has 12 heavy (non-hydrogen) atoms. The number of aliphatic hydroxyl groups excluding tert-OH is 1. The first kappa shape index (κ1) is 8.94. The van der Waals surface area contributed by atoms with E-state index in [1.807, 2.05) is 13.8 Å². The topological polar surface area (TPSA) is 38.7 Å². The van der Waals surface area contributed by atoms with Crippen LogP contribution in [0.2, 0.25) is 0 Å². The van der Waals surface area contributed by atoms with E-state index in [2.05, 4.69) is 15.9 Å². The maximum atomic E-state index is 9.57. The Morgan fingerprint density at radius 3 is 2.75 bits per heavy atom. The Bertz CT molecular complexity index is 210. The summed E-state index contributed by atoms with van der Waals surface area (Å²) in [6, 6.07) is 0. The number of hydrogen-bond donors (Lipinski definition) is 1. The molecule has 2 rings (SSSR count). The first-order chi connectivity index (χ1) is 5.46. The molecule has 0 aromatic rings. The SMILES string of the molecule is C[C@@]12OC(O)[C@@](C)(CCC1Br)O2. The van der Waals surface area contributed by atoms with Crippen LogP contribution in [0.25, 0.3) is 0 Å². The van der Waals surface area contributed by atoms with Gasteiger partial charge in [-0.1, -0.05) is 15.9 Å². The zero-order valence-electron chi connectivity index (χ0n) is 7.21. The van der Waals surface area contributed by atoms with E-state index in [0.29, 0.717) is 0 Å². The van der Waals surface area contributed by atoms with Gasteiger partial charge in [0, 0.05) is 0 Å². The van der Waals surface area contributed by atoms with Crippen molar-refractivity contribution in [2.24, 2.45) is 0 Å². The van der Waals surface area contributed by atoms with Gasteiger partial charge in [-0.2, -0.15) is 0 Å². The second kappa shape index (κ2) is 2.44. The van der Waals surface area contributed by atoms with Crippen LogP contribution < -0.4 is 0 Å². The van der Waals surface area contributed by atoms with Gasteiger partial charge in [0.2, 0.25) is 0 Å². The Morgan fingerprint density at radius 2 is 2.17 bits per heavy atom. The molecule has 0 radical (unpaired) electrons. The molecule has 0 saturated carbocycles. The minimum atomic E-state index is -0.787. The van der Waals surface area contributed by atoms with E-state index in [0.717, 1.165) is 12.8 Å². The van der Waals surface area contributed by atoms with Gasteiger partial charge >= 0.3 is 0 Å². The van der Waals surface area contributed by atoms with Gasteiger partial charge in [-0.3, -0.25) is 0 Å². The van der Waals surface area contributed by atoms with Crippen molar-refractivity contribution in [1.82, 2.24) is 0 Å². The van der Waals surface area contributed by atoms with Gasteiger partial charge in [-0.05, 0) is 26.7 Å². The number of ether oxygens (including phenoxy) is 2. The van der Waals surface area contributed by atoms with Crippen molar-refractivity contribution in [3.63, 3.8) is 0 Å². The molecule has 2 aliphatic heterocycles. The molecule has 70 valence electrons. The van der Waals surface area contributed by atoms with Gasteiger partial charge in [-0.25, -0.2) is 0 Å². The van der Waals surface area contributed by atoms with Crippen LogP contribution in [0.4, 0.5) is 0 Å². The van der Waals surface area contributed by atoms with Crippen LogP contribution in [0.3, 0.4) is 0 Å². The van der Waals surface area contributed by atoms with Gasteiger partial charge in [0.05, 0.1) is 4.83 Å². The number of halogens is 1. The van der Waals surface area contributed by atoms with E-state index in [1.54, 1.807) is 0 Å². The lowest BCUT2D eigenvalue weighted by Crippen LogP contribution is -2.45. The summed E-state index contributed by atoms with van der Waals surface area (Å²) in [5.41, 5.74) is -0.501. The zero-order chi connectivity index (χ0) is 8.98. The molecule has 3 nitrogen and oxygen atoms in total. The number of hydrogen-bond acceptors (Lipinski definition) is 3. The molecule has 2 fully saturated rings. The average molecular weight is 237 g/mol. The Kier molecular flexibility index (Phi) is 1.82. The minimum absolute atomic E-state index is 0.176. The molecule has 0 spiro atoms. The maximum Gasteiger partial charge on any atom is 0.187 e. The van der Waals surface area contributed by atoms with E-state index in [9.17, 15) is 5.11 Å². The molecule has 2 unspecified atom stereocenters. The van der Waals surface area contributed by atoms with Crippen LogP contribution in [0.1, 0.15) is 26.7 Å². The summed E-state index contributed by atoms with van der Waals surface area (Å²) in [7, 11) is 0. The Balaban J connectivity index is 2.28. The average Bonchev–Trinajstić information content (AvgIpc) is 2.15. The fourth-order valence-electron chi connectivity index (χ4n) is 1.87. The second-order valence-corrected chi connectivity index (χ2v) is 5.01. The first-order valence-corrected chi connectivity index (χ1v) is 5.08. The van der Waals surface area contributed by atoms with Crippen LogP contribution in [0.15, 0.2) is 0 Å². The normalized spacial score (nSPS) is 59.0. The maximum absolute atomic E-state index is 9.57. The van der Waals surface area contributed by atoms with Crippen molar-refractivity contribution in [3.05, 3.63) is 0 Å². The van der Waals surface area contributed by atoms with E-state index < -0.39 is 17.7 Å². The van der Waals surface area contributed by atoms with Crippen molar-refractivity contribution in [3.8, 4) is 0 Å². The Hall–Kier alpha value is 0.360. The van der Waals surface area contributed by atoms with Crippen LogP contribution in [-0.2, 0) is 9.47 Å². The monoisotopic (exact) mass is 236 g/mol. The Labute approximate surface area is 80.2 Å². The van der Waals surface area contributed by atoms with E-state index in [1.165, 1.54) is 0 Å². The summed E-state index contributed by atoms with van der Waals surface area (Å²) in [6.07, 6.45) is 1.02. The molecular weight excluding hydrogens is 224 g/mol. The lowest BCUT2D eigenvalue weighted by atomic mass is 9.94. The van der Waals surface area contributed by atoms with Crippen LogP contribution in [0.5, 0.6) is 0 Å². The lowest BCUT2D eigenvalue weighted by molar-refractivity contribution is -0.197. The highest BCUT2D eigenvalue weighted by Gasteiger charge is 2.58. The standard InChI is InChI=1S/C8H13BrO3/c1-7-4-3-5(9)8(2,12-7)11-6(7)10/h5-6,10H,3-4H2,1-2H3/t5?,6?,7-,8+/m1/s1. The lowest BCUT2D eigenvalue weighted by Gasteiger charge is -2.36.